The monoisotopic (exact) mass is 464 g/mol. The van der Waals surface area contributed by atoms with E-state index in [1.54, 1.807) is 18.2 Å². The molecule has 4 rings (SSSR count). The number of halogens is 1. The van der Waals surface area contributed by atoms with Crippen LogP contribution in [0.5, 0.6) is 0 Å². The van der Waals surface area contributed by atoms with Crippen LogP contribution in [0.4, 0.5) is 5.69 Å². The lowest BCUT2D eigenvalue weighted by Crippen LogP contribution is -2.54. The van der Waals surface area contributed by atoms with Crippen molar-refractivity contribution < 1.29 is 9.59 Å². The van der Waals surface area contributed by atoms with Gasteiger partial charge >= 0.3 is 0 Å². The van der Waals surface area contributed by atoms with Gasteiger partial charge in [-0.3, -0.25) is 24.5 Å². The maximum atomic E-state index is 13.3. The van der Waals surface area contributed by atoms with Crippen molar-refractivity contribution in [1.29, 1.82) is 0 Å². The van der Waals surface area contributed by atoms with Gasteiger partial charge in [-0.25, -0.2) is 0 Å². The molecular weight excluding hydrogens is 444 g/mol. The summed E-state index contributed by atoms with van der Waals surface area (Å²) in [6.07, 6.45) is 1.58. The quantitative estimate of drug-likeness (QED) is 0.354. The first-order valence-corrected chi connectivity index (χ1v) is 10.8. The molecule has 32 heavy (non-hydrogen) atoms. The van der Waals surface area contributed by atoms with Gasteiger partial charge in [-0.1, -0.05) is 47.5 Å². The molecule has 2 aromatic carbocycles. The van der Waals surface area contributed by atoms with Crippen molar-refractivity contribution >= 4 is 52.5 Å². The lowest BCUT2D eigenvalue weighted by Gasteiger charge is -2.29. The van der Waals surface area contributed by atoms with Crippen molar-refractivity contribution in [1.82, 2.24) is 15.1 Å². The third kappa shape index (κ3) is 4.09. The molecule has 0 bridgehead atoms. The number of rotatable bonds is 4. The van der Waals surface area contributed by atoms with Crippen molar-refractivity contribution in [3.05, 3.63) is 87.2 Å². The topological polar surface area (TPSA) is 67.2 Å². The summed E-state index contributed by atoms with van der Waals surface area (Å²) >= 11 is 11.6. The van der Waals surface area contributed by atoms with E-state index in [-0.39, 0.29) is 10.7 Å². The Hall–Kier alpha value is -3.29. The van der Waals surface area contributed by atoms with Crippen LogP contribution < -0.4 is 10.2 Å². The largest absolute Gasteiger partial charge is 0.298 e. The molecule has 0 saturated carbocycles. The van der Waals surface area contributed by atoms with Crippen molar-refractivity contribution in [2.24, 2.45) is 0 Å². The predicted molar refractivity (Wildman–Crippen MR) is 130 cm³/mol. The van der Waals surface area contributed by atoms with Crippen LogP contribution in [0.15, 0.2) is 54.1 Å². The summed E-state index contributed by atoms with van der Waals surface area (Å²) in [5.74, 6) is -0.999. The van der Waals surface area contributed by atoms with Crippen molar-refractivity contribution in [3.8, 4) is 0 Å². The van der Waals surface area contributed by atoms with E-state index in [0.717, 1.165) is 16.8 Å². The molecule has 2 amide bonds. The number of aromatic nitrogens is 2. The second kappa shape index (κ2) is 8.68. The molecule has 0 unspecified atom stereocenters. The van der Waals surface area contributed by atoms with E-state index in [1.807, 2.05) is 61.9 Å². The molecule has 0 spiro atoms. The van der Waals surface area contributed by atoms with Gasteiger partial charge in [-0.05, 0) is 62.8 Å². The predicted octanol–water partition coefficient (Wildman–Crippen LogP) is 4.34. The maximum Gasteiger partial charge on any atom is 0.270 e. The molecule has 1 fully saturated rings. The zero-order chi connectivity index (χ0) is 23.0. The van der Waals surface area contributed by atoms with E-state index in [0.29, 0.717) is 28.5 Å². The molecule has 1 aliphatic rings. The molecule has 162 valence electrons. The third-order valence-corrected chi connectivity index (χ3v) is 6.05. The Balaban J connectivity index is 1.71. The molecule has 3 aromatic rings. The second-order valence-electron chi connectivity index (χ2n) is 7.63. The van der Waals surface area contributed by atoms with Gasteiger partial charge in [0, 0.05) is 16.3 Å². The van der Waals surface area contributed by atoms with Gasteiger partial charge in [0.25, 0.3) is 11.8 Å². The van der Waals surface area contributed by atoms with Crippen LogP contribution >= 0.6 is 23.8 Å². The van der Waals surface area contributed by atoms with Crippen LogP contribution in [0.3, 0.4) is 0 Å². The SMILES string of the molecule is Cc1ccc(N2C(=O)C(=Cc3c(C)nn(Cc4ccccc4Cl)c3C)C(=O)NC2=S)cc1. The fraction of sp³-hybridized carbons (Fsp3) is 0.167. The number of hydrogen-bond acceptors (Lipinski definition) is 4. The molecule has 0 radical (unpaired) electrons. The Morgan fingerprint density at radius 3 is 2.44 bits per heavy atom. The number of nitrogens with zero attached hydrogens (tertiary/aromatic N) is 3. The van der Waals surface area contributed by atoms with E-state index in [9.17, 15) is 9.59 Å². The van der Waals surface area contributed by atoms with Crippen LogP contribution in [-0.2, 0) is 16.1 Å². The molecule has 2 heterocycles. The van der Waals surface area contributed by atoms with E-state index >= 15 is 0 Å². The number of carbonyl (C=O) groups excluding carboxylic acids is 2. The number of hydrogen-bond donors (Lipinski definition) is 1. The molecule has 6 nitrogen and oxygen atoms in total. The average Bonchev–Trinajstić information content (AvgIpc) is 3.01. The lowest BCUT2D eigenvalue weighted by atomic mass is 10.1. The third-order valence-electron chi connectivity index (χ3n) is 5.40. The number of carbonyl (C=O) groups is 2. The summed E-state index contributed by atoms with van der Waals surface area (Å²) in [7, 11) is 0. The Labute approximate surface area is 196 Å². The van der Waals surface area contributed by atoms with Crippen molar-refractivity contribution in [2.45, 2.75) is 27.3 Å². The lowest BCUT2D eigenvalue weighted by molar-refractivity contribution is -0.122. The molecule has 8 heteroatoms. The minimum absolute atomic E-state index is 0.00247. The summed E-state index contributed by atoms with van der Waals surface area (Å²) in [5.41, 5.74) is 4.83. The molecule has 1 aromatic heterocycles. The van der Waals surface area contributed by atoms with Gasteiger partial charge in [0.2, 0.25) is 0 Å². The molecule has 0 atom stereocenters. The molecule has 1 aliphatic heterocycles. The fourth-order valence-electron chi connectivity index (χ4n) is 3.59. The first-order chi connectivity index (χ1) is 15.3. The highest BCUT2D eigenvalue weighted by Gasteiger charge is 2.34. The van der Waals surface area contributed by atoms with Gasteiger partial charge in [0.05, 0.1) is 17.9 Å². The Bertz CT molecular complexity index is 1280. The normalized spacial score (nSPS) is 15.4. The number of benzene rings is 2. The highest BCUT2D eigenvalue weighted by Crippen LogP contribution is 2.25. The van der Waals surface area contributed by atoms with Crippen LogP contribution in [0.2, 0.25) is 5.02 Å². The highest BCUT2D eigenvalue weighted by molar-refractivity contribution is 7.80. The number of aryl methyl sites for hydroxylation is 2. The van der Waals surface area contributed by atoms with E-state index in [1.165, 1.54) is 4.90 Å². The van der Waals surface area contributed by atoms with E-state index in [4.69, 9.17) is 23.8 Å². The van der Waals surface area contributed by atoms with Gasteiger partial charge in [0.1, 0.15) is 5.57 Å². The first kappa shape index (κ1) is 21.9. The zero-order valence-electron chi connectivity index (χ0n) is 17.8. The smallest absolute Gasteiger partial charge is 0.270 e. The van der Waals surface area contributed by atoms with Crippen LogP contribution in [0.1, 0.15) is 28.1 Å². The summed E-state index contributed by atoms with van der Waals surface area (Å²) in [6, 6.07) is 14.9. The minimum atomic E-state index is -0.527. The van der Waals surface area contributed by atoms with E-state index < -0.39 is 11.8 Å². The summed E-state index contributed by atoms with van der Waals surface area (Å²) in [5, 5.41) is 7.93. The van der Waals surface area contributed by atoms with Crippen LogP contribution in [0, 0.1) is 20.8 Å². The van der Waals surface area contributed by atoms with Crippen molar-refractivity contribution in [3.63, 3.8) is 0 Å². The Morgan fingerprint density at radius 2 is 1.75 bits per heavy atom. The highest BCUT2D eigenvalue weighted by atomic mass is 35.5. The van der Waals surface area contributed by atoms with Crippen LogP contribution in [0.25, 0.3) is 6.08 Å². The zero-order valence-corrected chi connectivity index (χ0v) is 19.4. The Kier molecular flexibility index (Phi) is 5.95. The number of nitrogens with one attached hydrogen (secondary N) is 1. The standard InChI is InChI=1S/C24H21ClN4O2S/c1-14-8-10-18(11-9-14)29-23(31)20(22(30)26-24(29)32)12-19-15(2)27-28(16(19)3)13-17-6-4-5-7-21(17)25/h4-12H,13H2,1-3H3,(H,26,30,32). The summed E-state index contributed by atoms with van der Waals surface area (Å²) in [6.45, 7) is 6.18. The van der Waals surface area contributed by atoms with Gasteiger partial charge in [0.15, 0.2) is 5.11 Å². The molecule has 1 saturated heterocycles. The fourth-order valence-corrected chi connectivity index (χ4v) is 4.07. The number of anilines is 1. The van der Waals surface area contributed by atoms with E-state index in [2.05, 4.69) is 10.4 Å². The number of amides is 2. The van der Waals surface area contributed by atoms with Gasteiger partial charge in [-0.15, -0.1) is 0 Å². The maximum absolute atomic E-state index is 13.3. The second-order valence-corrected chi connectivity index (χ2v) is 8.42. The summed E-state index contributed by atoms with van der Waals surface area (Å²) < 4.78 is 1.82. The average molecular weight is 465 g/mol. The first-order valence-electron chi connectivity index (χ1n) is 10.0. The molecule has 0 aliphatic carbocycles. The Morgan fingerprint density at radius 1 is 1.06 bits per heavy atom. The number of thiocarbonyl (C=S) groups is 1. The van der Waals surface area contributed by atoms with Gasteiger partial charge < -0.3 is 0 Å². The molecule has 1 N–H and O–H groups in total. The molecular formula is C24H21ClN4O2S. The van der Waals surface area contributed by atoms with Crippen molar-refractivity contribution in [2.75, 3.05) is 4.90 Å². The van der Waals surface area contributed by atoms with Gasteiger partial charge in [-0.2, -0.15) is 5.10 Å². The van der Waals surface area contributed by atoms with Crippen LogP contribution in [-0.4, -0.2) is 26.7 Å². The summed E-state index contributed by atoms with van der Waals surface area (Å²) in [4.78, 5) is 27.3. The minimum Gasteiger partial charge on any atom is -0.298 e.